The molecule has 4 aromatic carbocycles. The average Bonchev–Trinajstić information content (AvgIpc) is 4.23. The highest BCUT2D eigenvalue weighted by Crippen LogP contribution is 2.57. The Balaban J connectivity index is 0.000000192. The number of carbonyl (C=O) groups excluding carboxylic acids is 2. The fourth-order valence-electron chi connectivity index (χ4n) is 9.26. The smallest absolute Gasteiger partial charge is 0.319 e. The molecule has 4 aliphatic rings. The number of hydrogen-bond donors (Lipinski definition) is 4. The number of alkyl halides is 2. The van der Waals surface area contributed by atoms with Crippen molar-refractivity contribution in [1.82, 2.24) is 30.6 Å². The molecule has 2 aliphatic carbocycles. The Morgan fingerprint density at radius 3 is 1.39 bits per heavy atom. The summed E-state index contributed by atoms with van der Waals surface area (Å²) in [4.78, 5) is 46.5. The quantitative estimate of drug-likeness (QED) is 0.0589. The van der Waals surface area contributed by atoms with E-state index in [-0.39, 0.29) is 43.8 Å². The first-order valence-corrected chi connectivity index (χ1v) is 28.8. The molecule has 2 saturated heterocycles. The number of ether oxygens (including phenoxy) is 2. The number of morpholine rings is 2. The van der Waals surface area contributed by atoms with Crippen LogP contribution >= 0.6 is 23.2 Å². The van der Waals surface area contributed by atoms with Crippen LogP contribution in [0.3, 0.4) is 0 Å². The number of sulfone groups is 2. The van der Waals surface area contributed by atoms with Gasteiger partial charge in [0, 0.05) is 54.8 Å². The van der Waals surface area contributed by atoms with Gasteiger partial charge in [0.25, 0.3) is 6.43 Å². The van der Waals surface area contributed by atoms with E-state index in [1.807, 2.05) is 18.7 Å². The van der Waals surface area contributed by atoms with Gasteiger partial charge in [-0.1, -0.05) is 23.2 Å². The van der Waals surface area contributed by atoms with Crippen LogP contribution in [0.2, 0.25) is 10.0 Å². The summed E-state index contributed by atoms with van der Waals surface area (Å²) in [7, 11) is -6.42. The molecule has 4 amide bonds. The van der Waals surface area contributed by atoms with Crippen molar-refractivity contribution in [3.8, 4) is 22.8 Å². The van der Waals surface area contributed by atoms with E-state index in [9.17, 15) is 44.0 Å². The zero-order chi connectivity index (χ0) is 56.4. The van der Waals surface area contributed by atoms with Gasteiger partial charge >= 0.3 is 12.1 Å². The maximum absolute atomic E-state index is 13.9. The molecule has 18 nitrogen and oxygen atoms in total. The summed E-state index contributed by atoms with van der Waals surface area (Å²) < 4.78 is 116. The number of urea groups is 2. The number of nitrogens with zero attached hydrogens (tertiary/aromatic N) is 6. The van der Waals surface area contributed by atoms with E-state index in [1.165, 1.54) is 19.2 Å². The molecule has 418 valence electrons. The van der Waals surface area contributed by atoms with Crippen molar-refractivity contribution in [2.45, 2.75) is 77.3 Å². The van der Waals surface area contributed by atoms with Crippen molar-refractivity contribution >= 4 is 77.9 Å². The van der Waals surface area contributed by atoms with Gasteiger partial charge in [0.05, 0.1) is 76.3 Å². The van der Waals surface area contributed by atoms with E-state index in [2.05, 4.69) is 26.2 Å². The second kappa shape index (κ2) is 23.2. The lowest BCUT2D eigenvalue weighted by atomic mass is 10.1. The molecule has 10 rings (SSSR count). The number of nitrogens with one attached hydrogen (secondary N) is 4. The van der Waals surface area contributed by atoms with Crippen LogP contribution in [-0.2, 0) is 38.6 Å². The van der Waals surface area contributed by atoms with E-state index >= 15 is 0 Å². The Kier molecular flexibility index (Phi) is 16.7. The van der Waals surface area contributed by atoms with Crippen molar-refractivity contribution in [3.63, 3.8) is 0 Å². The predicted molar refractivity (Wildman–Crippen MR) is 290 cm³/mol. The minimum atomic E-state index is -4.00. The van der Waals surface area contributed by atoms with E-state index < -0.39 is 59.8 Å². The molecule has 4 fully saturated rings. The number of rotatable bonds is 14. The Hall–Kier alpha value is -6.70. The van der Waals surface area contributed by atoms with Gasteiger partial charge in [-0.25, -0.2) is 63.9 Å². The lowest BCUT2D eigenvalue weighted by molar-refractivity contribution is 0.0985. The molecule has 0 spiro atoms. The van der Waals surface area contributed by atoms with Crippen molar-refractivity contribution in [1.29, 1.82) is 0 Å². The fraction of sp³-hybridized carbons (Fsp3) is 0.358. The molecular formula is C53H54Cl2F4N10O8S2. The van der Waals surface area contributed by atoms with Crippen LogP contribution in [0.4, 0.5) is 50.2 Å². The van der Waals surface area contributed by atoms with Crippen LogP contribution in [0.25, 0.3) is 22.8 Å². The van der Waals surface area contributed by atoms with E-state index in [0.29, 0.717) is 117 Å². The molecule has 2 saturated carbocycles. The number of carbonyl (C=O) groups is 2. The molecule has 79 heavy (non-hydrogen) atoms. The third kappa shape index (κ3) is 12.1. The lowest BCUT2D eigenvalue weighted by Crippen LogP contribution is -2.44. The van der Waals surface area contributed by atoms with Gasteiger partial charge < -0.3 is 40.5 Å². The summed E-state index contributed by atoms with van der Waals surface area (Å²) in [5.74, 6) is 0.371. The first-order chi connectivity index (χ1) is 37.6. The zero-order valence-electron chi connectivity index (χ0n) is 42.8. The van der Waals surface area contributed by atoms with Crippen LogP contribution in [0.15, 0.2) is 107 Å². The predicted octanol–water partition coefficient (Wildman–Crippen LogP) is 9.39. The van der Waals surface area contributed by atoms with Crippen molar-refractivity contribution in [3.05, 3.63) is 130 Å². The minimum Gasteiger partial charge on any atom is -0.377 e. The Morgan fingerprint density at radius 1 is 0.633 bits per heavy atom. The van der Waals surface area contributed by atoms with Gasteiger partial charge in [-0.05, 0) is 124 Å². The van der Waals surface area contributed by atoms with Gasteiger partial charge in [-0.15, -0.1) is 0 Å². The first kappa shape index (κ1) is 57.0. The second-order valence-corrected chi connectivity index (χ2v) is 24.7. The molecule has 0 unspecified atom stereocenters. The van der Waals surface area contributed by atoms with E-state index in [1.54, 1.807) is 60.7 Å². The SMILES string of the molecule is CNC(=O)Nc1ccc(-c2nc(N3CCOC[C@@H]3C)cc(C3(S(=O)(=O)c4ccc(F)c(Cl)c4)CC3)n2)cc1.C[C@H]1COCCN1c1cc(C2(S(=O)(=O)c3ccc(F)c(Cl)c3)CC2)nc(-c2ccc(NC(=O)NCC(F)F)cc2)n1. The van der Waals surface area contributed by atoms with Gasteiger partial charge in [0.1, 0.15) is 32.8 Å². The van der Waals surface area contributed by atoms with Gasteiger partial charge in [-0.2, -0.15) is 0 Å². The molecule has 0 bridgehead atoms. The van der Waals surface area contributed by atoms with Crippen LogP contribution in [-0.4, -0.2) is 120 Å². The van der Waals surface area contributed by atoms with Crippen LogP contribution in [0.5, 0.6) is 0 Å². The van der Waals surface area contributed by atoms with Crippen molar-refractivity contribution < 1.29 is 53.5 Å². The molecule has 2 aromatic heterocycles. The number of anilines is 4. The highest BCUT2D eigenvalue weighted by atomic mass is 35.5. The molecule has 6 aromatic rings. The highest BCUT2D eigenvalue weighted by molar-refractivity contribution is 7.93. The maximum Gasteiger partial charge on any atom is 0.319 e. The summed E-state index contributed by atoms with van der Waals surface area (Å²) >= 11 is 11.8. The minimum absolute atomic E-state index is 0.0275. The van der Waals surface area contributed by atoms with E-state index in [4.69, 9.17) is 52.6 Å². The van der Waals surface area contributed by atoms with Gasteiger partial charge in [0.2, 0.25) is 0 Å². The highest BCUT2D eigenvalue weighted by Gasteiger charge is 2.59. The van der Waals surface area contributed by atoms with Crippen LogP contribution in [0, 0.1) is 11.6 Å². The number of halogens is 6. The molecular weight excluding hydrogens is 1120 g/mol. The second-order valence-electron chi connectivity index (χ2n) is 19.3. The molecule has 2 aliphatic heterocycles. The van der Waals surface area contributed by atoms with E-state index in [0.717, 1.165) is 24.3 Å². The standard InChI is InChI=1S/C27H27ClF3N5O4S.C26H27ClFN5O4S/c1-16-15-40-11-10-36(16)24-13-22(27(8-9-27)41(38,39)19-6-7-21(29)20(28)12-19)34-25(35-24)17-2-4-18(5-3-17)33-26(37)32-14-23(30)31;1-16-15-37-12-11-33(16)23-14-22(26(9-10-26)38(35,36)19-7-8-21(28)20(27)13-19)31-24(32-23)17-3-5-18(6-4-17)30-25(34)29-2/h2-7,12-13,16,23H,8-11,14-15H2,1H3,(H2,32,33,37);3-8,13-14,16H,9-12,15H2,1-2H3,(H2,29,30,34)/t2*16-/m00/s1. The molecule has 2 atom stereocenters. The third-order valence-electron chi connectivity index (χ3n) is 14.0. The summed E-state index contributed by atoms with van der Waals surface area (Å²) in [6, 6.07) is 22.5. The number of hydrogen-bond acceptors (Lipinski definition) is 14. The van der Waals surface area contributed by atoms with Crippen LogP contribution in [0.1, 0.15) is 50.9 Å². The van der Waals surface area contributed by atoms with Gasteiger partial charge in [-0.3, -0.25) is 0 Å². The monoisotopic (exact) mass is 1170 g/mol. The normalized spacial score (nSPS) is 18.5. The maximum atomic E-state index is 13.9. The Morgan fingerprint density at radius 2 is 1.04 bits per heavy atom. The number of benzene rings is 4. The summed E-state index contributed by atoms with van der Waals surface area (Å²) in [5.41, 5.74) is 2.84. The first-order valence-electron chi connectivity index (χ1n) is 25.0. The molecule has 4 heterocycles. The Labute approximate surface area is 463 Å². The zero-order valence-corrected chi connectivity index (χ0v) is 45.9. The molecule has 26 heteroatoms. The topological polar surface area (TPSA) is 227 Å². The molecule has 4 N–H and O–H groups in total. The van der Waals surface area contributed by atoms with Crippen molar-refractivity contribution in [2.75, 3.05) is 73.5 Å². The Bertz CT molecular complexity index is 3490. The largest absolute Gasteiger partial charge is 0.377 e. The third-order valence-corrected chi connectivity index (χ3v) is 19.6. The van der Waals surface area contributed by atoms with Crippen LogP contribution < -0.4 is 31.1 Å². The number of aromatic nitrogens is 4. The lowest BCUT2D eigenvalue weighted by Gasteiger charge is -2.34. The van der Waals surface area contributed by atoms with Gasteiger partial charge in [0.15, 0.2) is 31.3 Å². The summed E-state index contributed by atoms with van der Waals surface area (Å²) in [6.45, 7) is 6.35. The molecule has 0 radical (unpaired) electrons. The van der Waals surface area contributed by atoms with Crippen molar-refractivity contribution in [2.24, 2.45) is 0 Å². The number of amides is 4. The summed E-state index contributed by atoms with van der Waals surface area (Å²) in [6.07, 6.45) is -1.30. The average molecular weight is 1170 g/mol. The summed E-state index contributed by atoms with van der Waals surface area (Å²) in [5, 5.41) is 9.20. The fourth-order valence-corrected chi connectivity index (χ4v) is 13.7.